The number of nitrogens with zero attached hydrogens (tertiary/aromatic N) is 4. The van der Waals surface area contributed by atoms with Crippen LogP contribution in [-0.2, 0) is 10.2 Å². The average molecular weight is 458 g/mol. The number of para-hydroxylation sites is 1. The molecule has 0 spiro atoms. The Morgan fingerprint density at radius 1 is 1.00 bits per heavy atom. The summed E-state index contributed by atoms with van der Waals surface area (Å²) in [6, 6.07) is 19.9. The second-order valence-electron chi connectivity index (χ2n) is 8.85. The van der Waals surface area contributed by atoms with Gasteiger partial charge >= 0.3 is 0 Å². The highest BCUT2D eigenvalue weighted by molar-refractivity contribution is 7.99. The summed E-state index contributed by atoms with van der Waals surface area (Å²) >= 11 is 1.36. The van der Waals surface area contributed by atoms with E-state index >= 15 is 0 Å². The number of carbonyl (C=O) groups is 1. The lowest BCUT2D eigenvalue weighted by Crippen LogP contribution is -2.20. The van der Waals surface area contributed by atoms with Crippen LogP contribution in [-0.4, -0.2) is 31.4 Å². The van der Waals surface area contributed by atoms with Gasteiger partial charge in [0.15, 0.2) is 11.0 Å². The zero-order valence-electron chi connectivity index (χ0n) is 19.2. The van der Waals surface area contributed by atoms with Gasteiger partial charge in [0.2, 0.25) is 5.91 Å². The molecular weight excluding hydrogens is 430 g/mol. The van der Waals surface area contributed by atoms with Crippen molar-refractivity contribution in [2.24, 2.45) is 0 Å². The van der Waals surface area contributed by atoms with Gasteiger partial charge in [0.25, 0.3) is 0 Å². The van der Waals surface area contributed by atoms with Crippen LogP contribution in [0.25, 0.3) is 17.1 Å². The molecule has 0 bridgehead atoms. The van der Waals surface area contributed by atoms with Gasteiger partial charge in [0.1, 0.15) is 0 Å². The highest BCUT2D eigenvalue weighted by atomic mass is 32.2. The molecule has 2 aromatic heterocycles. The Labute approximate surface area is 198 Å². The summed E-state index contributed by atoms with van der Waals surface area (Å²) in [5.41, 5.74) is 4.84. The molecule has 2 heterocycles. The molecule has 33 heavy (non-hydrogen) atoms. The number of amides is 1. The number of pyridine rings is 1. The molecule has 0 radical (unpaired) electrons. The summed E-state index contributed by atoms with van der Waals surface area (Å²) in [5, 5.41) is 12.5. The van der Waals surface area contributed by atoms with Crippen molar-refractivity contribution in [1.29, 1.82) is 0 Å². The summed E-state index contributed by atoms with van der Waals surface area (Å²) in [4.78, 5) is 17.1. The number of anilines is 1. The quantitative estimate of drug-likeness (QED) is 0.378. The Morgan fingerprint density at radius 2 is 1.76 bits per heavy atom. The lowest BCUT2D eigenvalue weighted by atomic mass is 9.86. The van der Waals surface area contributed by atoms with Gasteiger partial charge in [-0.25, -0.2) is 0 Å². The van der Waals surface area contributed by atoms with Gasteiger partial charge in [-0.2, -0.15) is 0 Å². The molecule has 0 atom stereocenters. The lowest BCUT2D eigenvalue weighted by molar-refractivity contribution is -0.113. The van der Waals surface area contributed by atoms with E-state index < -0.39 is 0 Å². The Bertz CT molecular complexity index is 1240. The molecule has 0 aliphatic rings. The largest absolute Gasteiger partial charge is 0.325 e. The van der Waals surface area contributed by atoms with Crippen LogP contribution in [0.15, 0.2) is 78.2 Å². The first kappa shape index (κ1) is 22.7. The standard InChI is InChI=1S/C26H27N5OS/c1-18-11-13-20(14-12-18)31-24(19-8-7-15-27-16-19)29-30-25(31)33-17-23(32)28-22-10-6-5-9-21(22)26(2,3)4/h5-16H,17H2,1-4H3,(H,28,32). The normalized spacial score (nSPS) is 11.4. The van der Waals surface area contributed by atoms with Gasteiger partial charge in [-0.3, -0.25) is 14.3 Å². The van der Waals surface area contributed by atoms with Crippen molar-refractivity contribution < 1.29 is 4.79 Å². The highest BCUT2D eigenvalue weighted by Gasteiger charge is 2.20. The Balaban J connectivity index is 1.58. The van der Waals surface area contributed by atoms with E-state index in [0.717, 1.165) is 22.5 Å². The van der Waals surface area contributed by atoms with E-state index in [4.69, 9.17) is 0 Å². The molecular formula is C26H27N5OS. The topological polar surface area (TPSA) is 72.7 Å². The molecule has 1 amide bonds. The van der Waals surface area contributed by atoms with Gasteiger partial charge in [0, 0.05) is 29.3 Å². The molecule has 4 aromatic rings. The third-order valence-electron chi connectivity index (χ3n) is 5.19. The molecule has 0 unspecified atom stereocenters. The molecule has 1 N–H and O–H groups in total. The minimum atomic E-state index is -0.0851. The summed E-state index contributed by atoms with van der Waals surface area (Å²) in [7, 11) is 0. The number of aromatic nitrogens is 4. The summed E-state index contributed by atoms with van der Waals surface area (Å²) < 4.78 is 1.97. The number of carbonyl (C=O) groups excluding carboxylic acids is 1. The fourth-order valence-corrected chi connectivity index (χ4v) is 4.29. The van der Waals surface area contributed by atoms with E-state index in [0.29, 0.717) is 11.0 Å². The molecule has 0 aliphatic carbocycles. The SMILES string of the molecule is Cc1ccc(-n2c(SCC(=O)Nc3ccccc3C(C)(C)C)nnc2-c2cccnc2)cc1. The monoisotopic (exact) mass is 457 g/mol. The number of aryl methyl sites for hydroxylation is 1. The molecule has 2 aromatic carbocycles. The number of benzene rings is 2. The molecule has 0 fully saturated rings. The van der Waals surface area contributed by atoms with Crippen LogP contribution >= 0.6 is 11.8 Å². The van der Waals surface area contributed by atoms with Crippen LogP contribution in [0.2, 0.25) is 0 Å². The van der Waals surface area contributed by atoms with E-state index in [1.807, 2.05) is 66.1 Å². The van der Waals surface area contributed by atoms with Crippen molar-refractivity contribution >= 4 is 23.4 Å². The van der Waals surface area contributed by atoms with Crippen LogP contribution < -0.4 is 5.32 Å². The van der Waals surface area contributed by atoms with Gasteiger partial charge in [-0.1, -0.05) is 68.4 Å². The van der Waals surface area contributed by atoms with Crippen LogP contribution in [0.1, 0.15) is 31.9 Å². The number of rotatable bonds is 6. The molecule has 168 valence electrons. The van der Waals surface area contributed by atoms with E-state index in [2.05, 4.69) is 47.3 Å². The van der Waals surface area contributed by atoms with Gasteiger partial charge in [-0.05, 0) is 48.2 Å². The lowest BCUT2D eigenvalue weighted by Gasteiger charge is -2.23. The Morgan fingerprint density at radius 3 is 2.45 bits per heavy atom. The molecule has 6 nitrogen and oxygen atoms in total. The summed E-state index contributed by atoms with van der Waals surface area (Å²) in [5.74, 6) is 0.821. The van der Waals surface area contributed by atoms with Crippen LogP contribution in [0.3, 0.4) is 0 Å². The van der Waals surface area contributed by atoms with E-state index in [9.17, 15) is 4.79 Å². The van der Waals surface area contributed by atoms with E-state index in [1.165, 1.54) is 17.3 Å². The number of hydrogen-bond donors (Lipinski definition) is 1. The minimum Gasteiger partial charge on any atom is -0.325 e. The molecule has 7 heteroatoms. The first-order valence-corrected chi connectivity index (χ1v) is 11.8. The maximum absolute atomic E-state index is 12.8. The van der Waals surface area contributed by atoms with Crippen molar-refractivity contribution in [3.05, 3.63) is 84.2 Å². The first-order chi connectivity index (χ1) is 15.8. The van der Waals surface area contributed by atoms with Gasteiger partial charge < -0.3 is 5.32 Å². The Hall–Kier alpha value is -3.45. The highest BCUT2D eigenvalue weighted by Crippen LogP contribution is 2.30. The fraction of sp³-hybridized carbons (Fsp3) is 0.231. The van der Waals surface area contributed by atoms with Crippen LogP contribution in [0.5, 0.6) is 0 Å². The van der Waals surface area contributed by atoms with Crippen molar-refractivity contribution in [3.8, 4) is 17.1 Å². The molecule has 0 saturated carbocycles. The van der Waals surface area contributed by atoms with Crippen molar-refractivity contribution in [2.75, 3.05) is 11.1 Å². The fourth-order valence-electron chi connectivity index (χ4n) is 3.53. The van der Waals surface area contributed by atoms with Gasteiger partial charge in [0.05, 0.1) is 5.75 Å². The van der Waals surface area contributed by atoms with Crippen molar-refractivity contribution in [3.63, 3.8) is 0 Å². The summed E-state index contributed by atoms with van der Waals surface area (Å²) in [6.07, 6.45) is 3.49. The molecule has 0 aliphatic heterocycles. The van der Waals surface area contributed by atoms with E-state index in [1.54, 1.807) is 12.4 Å². The zero-order chi connectivity index (χ0) is 23.4. The number of hydrogen-bond acceptors (Lipinski definition) is 5. The smallest absolute Gasteiger partial charge is 0.234 e. The van der Waals surface area contributed by atoms with Crippen molar-refractivity contribution in [2.45, 2.75) is 38.3 Å². The second kappa shape index (κ2) is 9.58. The Kier molecular flexibility index (Phi) is 6.60. The maximum Gasteiger partial charge on any atom is 0.234 e. The maximum atomic E-state index is 12.8. The predicted molar refractivity (Wildman–Crippen MR) is 134 cm³/mol. The third kappa shape index (κ3) is 5.31. The summed E-state index contributed by atoms with van der Waals surface area (Å²) in [6.45, 7) is 8.46. The second-order valence-corrected chi connectivity index (χ2v) is 9.79. The van der Waals surface area contributed by atoms with Crippen LogP contribution in [0, 0.1) is 6.92 Å². The van der Waals surface area contributed by atoms with Gasteiger partial charge in [-0.15, -0.1) is 10.2 Å². The molecule has 0 saturated heterocycles. The predicted octanol–water partition coefficient (Wildman–Crippen LogP) is 5.67. The van der Waals surface area contributed by atoms with E-state index in [-0.39, 0.29) is 17.1 Å². The minimum absolute atomic E-state index is 0.0682. The average Bonchev–Trinajstić information content (AvgIpc) is 3.22. The van der Waals surface area contributed by atoms with Crippen molar-refractivity contribution in [1.82, 2.24) is 19.7 Å². The number of nitrogens with one attached hydrogen (secondary N) is 1. The third-order valence-corrected chi connectivity index (χ3v) is 6.12. The number of thioether (sulfide) groups is 1. The molecule has 4 rings (SSSR count). The first-order valence-electron chi connectivity index (χ1n) is 10.8. The zero-order valence-corrected chi connectivity index (χ0v) is 20.1. The van der Waals surface area contributed by atoms with Crippen LogP contribution in [0.4, 0.5) is 5.69 Å².